The number of ether oxygens (including phenoxy) is 2. The average Bonchev–Trinajstić information content (AvgIpc) is 2.85. The maximum Gasteiger partial charge on any atom is 0.407 e. The Bertz CT molecular complexity index is 1050. The third-order valence-electron chi connectivity index (χ3n) is 5.24. The van der Waals surface area contributed by atoms with Crippen LogP contribution in [0.5, 0.6) is 0 Å². The smallest absolute Gasteiger partial charge is 0.407 e. The quantitative estimate of drug-likeness (QED) is 0.439. The number of hydrogen-bond acceptors (Lipinski definition) is 7. The van der Waals surface area contributed by atoms with Crippen LogP contribution in [0.4, 0.5) is 9.59 Å². The fourth-order valence-corrected chi connectivity index (χ4v) is 3.42. The lowest BCUT2D eigenvalue weighted by Crippen LogP contribution is -2.55. The fraction of sp³-hybridized carbons (Fsp3) is 0.407. The maximum atomic E-state index is 13.3. The van der Waals surface area contributed by atoms with Gasteiger partial charge < -0.3 is 25.2 Å². The molecule has 0 aliphatic rings. The minimum absolute atomic E-state index is 0.203. The van der Waals surface area contributed by atoms with Gasteiger partial charge >= 0.3 is 18.1 Å². The van der Waals surface area contributed by atoms with Crippen molar-refractivity contribution in [1.29, 1.82) is 0 Å². The van der Waals surface area contributed by atoms with Crippen LogP contribution in [-0.4, -0.2) is 71.5 Å². The molecular weight excluding hydrogens is 478 g/mol. The molecule has 3 N–H and O–H groups in total. The van der Waals surface area contributed by atoms with Crippen molar-refractivity contribution in [2.45, 2.75) is 57.9 Å². The predicted molar refractivity (Wildman–Crippen MR) is 137 cm³/mol. The highest BCUT2D eigenvalue weighted by molar-refractivity contribution is 6.04. The molecule has 0 spiro atoms. The van der Waals surface area contributed by atoms with Gasteiger partial charge in [-0.05, 0) is 51.8 Å². The third kappa shape index (κ3) is 9.57. The predicted octanol–water partition coefficient (Wildman–Crippen LogP) is 2.90. The van der Waals surface area contributed by atoms with Crippen LogP contribution in [0.1, 0.15) is 43.6 Å². The lowest BCUT2D eigenvalue weighted by molar-refractivity contribution is -0.142. The number of carbonyl (C=O) groups excluding carboxylic acids is 4. The summed E-state index contributed by atoms with van der Waals surface area (Å²) in [4.78, 5) is 51.5. The van der Waals surface area contributed by atoms with Crippen molar-refractivity contribution in [2.24, 2.45) is 0 Å². The van der Waals surface area contributed by atoms with Gasteiger partial charge in [0.25, 0.3) is 5.91 Å². The molecule has 3 atom stereocenters. The van der Waals surface area contributed by atoms with Crippen LogP contribution in [0.2, 0.25) is 0 Å². The zero-order chi connectivity index (χ0) is 27.6. The number of nitrogens with zero attached hydrogens (tertiary/aromatic N) is 1. The molecule has 0 aliphatic carbocycles. The van der Waals surface area contributed by atoms with E-state index >= 15 is 0 Å². The summed E-state index contributed by atoms with van der Waals surface area (Å²) >= 11 is 0. The SMILES string of the molecule is COC(=O)[C@@H](C)NC(=O)N(C[C@@H](O)[C@@H](Cc1ccccc1)NC(=O)OC(C)(C)C)C(=O)c1ccccc1. The summed E-state index contributed by atoms with van der Waals surface area (Å²) in [5, 5.41) is 16.3. The minimum Gasteiger partial charge on any atom is -0.467 e. The molecule has 2 aromatic carbocycles. The molecule has 200 valence electrons. The maximum absolute atomic E-state index is 13.3. The van der Waals surface area contributed by atoms with Crippen LogP contribution in [0.25, 0.3) is 0 Å². The second-order valence-corrected chi connectivity index (χ2v) is 9.49. The number of amides is 4. The van der Waals surface area contributed by atoms with E-state index < -0.39 is 54.3 Å². The van der Waals surface area contributed by atoms with Gasteiger partial charge in [0.2, 0.25) is 0 Å². The van der Waals surface area contributed by atoms with E-state index in [0.717, 1.165) is 10.5 Å². The van der Waals surface area contributed by atoms with E-state index in [1.54, 1.807) is 39.0 Å². The van der Waals surface area contributed by atoms with Gasteiger partial charge in [0, 0.05) is 5.56 Å². The van der Waals surface area contributed by atoms with E-state index in [1.807, 2.05) is 30.3 Å². The number of aliphatic hydroxyl groups excluding tert-OH is 1. The largest absolute Gasteiger partial charge is 0.467 e. The summed E-state index contributed by atoms with van der Waals surface area (Å²) in [6, 6.07) is 14.3. The Hall–Kier alpha value is -3.92. The van der Waals surface area contributed by atoms with Gasteiger partial charge in [0.15, 0.2) is 0 Å². The molecule has 0 saturated heterocycles. The van der Waals surface area contributed by atoms with Crippen molar-refractivity contribution >= 4 is 24.0 Å². The average molecular weight is 514 g/mol. The van der Waals surface area contributed by atoms with Crippen LogP contribution in [0.15, 0.2) is 60.7 Å². The zero-order valence-corrected chi connectivity index (χ0v) is 21.8. The summed E-state index contributed by atoms with van der Waals surface area (Å²) in [6.07, 6.45) is -1.92. The second kappa shape index (κ2) is 13.4. The molecule has 10 nitrogen and oxygen atoms in total. The van der Waals surface area contributed by atoms with Gasteiger partial charge in [-0.1, -0.05) is 48.5 Å². The Labute approximate surface area is 216 Å². The molecule has 0 unspecified atom stereocenters. The molecule has 0 heterocycles. The van der Waals surface area contributed by atoms with Crippen LogP contribution < -0.4 is 10.6 Å². The van der Waals surface area contributed by atoms with Crippen molar-refractivity contribution < 1.29 is 33.8 Å². The number of aliphatic hydroxyl groups is 1. The molecular formula is C27H35N3O7. The number of carbonyl (C=O) groups is 4. The monoisotopic (exact) mass is 513 g/mol. The van der Waals surface area contributed by atoms with Gasteiger partial charge in [-0.2, -0.15) is 0 Å². The molecule has 0 saturated carbocycles. The first-order valence-corrected chi connectivity index (χ1v) is 11.9. The van der Waals surface area contributed by atoms with E-state index in [4.69, 9.17) is 4.74 Å². The Morgan fingerprint density at radius 3 is 2.05 bits per heavy atom. The number of methoxy groups -OCH3 is 1. The van der Waals surface area contributed by atoms with E-state index in [0.29, 0.717) is 0 Å². The molecule has 2 aromatic rings. The summed E-state index contributed by atoms with van der Waals surface area (Å²) < 4.78 is 9.98. The topological polar surface area (TPSA) is 134 Å². The first-order valence-electron chi connectivity index (χ1n) is 11.9. The minimum atomic E-state index is -1.38. The van der Waals surface area contributed by atoms with Crippen molar-refractivity contribution in [1.82, 2.24) is 15.5 Å². The van der Waals surface area contributed by atoms with E-state index in [-0.39, 0.29) is 12.0 Å². The van der Waals surface area contributed by atoms with Crippen molar-refractivity contribution in [3.8, 4) is 0 Å². The van der Waals surface area contributed by atoms with E-state index in [2.05, 4.69) is 15.4 Å². The highest BCUT2D eigenvalue weighted by Crippen LogP contribution is 2.13. The standard InChI is InChI=1S/C27H35N3O7/c1-18(24(33)36-5)28-25(34)30(23(32)20-14-10-7-11-15-20)17-22(31)21(16-19-12-8-6-9-13-19)29-26(35)37-27(2,3)4/h6-15,18,21-22,31H,16-17H2,1-5H3,(H,28,34)(H,29,35)/t18-,21-,22-/m1/s1. The fourth-order valence-electron chi connectivity index (χ4n) is 3.42. The number of alkyl carbamates (subject to hydrolysis) is 1. The lowest BCUT2D eigenvalue weighted by atomic mass is 10.0. The Balaban J connectivity index is 2.32. The molecule has 0 radical (unpaired) electrons. The second-order valence-electron chi connectivity index (χ2n) is 9.49. The van der Waals surface area contributed by atoms with Gasteiger partial charge in [-0.3, -0.25) is 9.69 Å². The number of rotatable bonds is 9. The van der Waals surface area contributed by atoms with Crippen LogP contribution in [0.3, 0.4) is 0 Å². The van der Waals surface area contributed by atoms with Crippen LogP contribution >= 0.6 is 0 Å². The molecule has 4 amide bonds. The Morgan fingerprint density at radius 1 is 0.946 bits per heavy atom. The van der Waals surface area contributed by atoms with Gasteiger partial charge in [0.1, 0.15) is 11.6 Å². The first kappa shape index (κ1) is 29.3. The molecule has 0 aromatic heterocycles. The van der Waals surface area contributed by atoms with Crippen molar-refractivity contribution in [2.75, 3.05) is 13.7 Å². The normalized spacial score (nSPS) is 13.5. The molecule has 0 bridgehead atoms. The number of esters is 1. The molecule has 10 heteroatoms. The Kier molecular flexibility index (Phi) is 10.6. The lowest BCUT2D eigenvalue weighted by Gasteiger charge is -2.30. The summed E-state index contributed by atoms with van der Waals surface area (Å²) in [5.41, 5.74) is 0.244. The van der Waals surface area contributed by atoms with E-state index in [9.17, 15) is 24.3 Å². The molecule has 2 rings (SSSR count). The highest BCUT2D eigenvalue weighted by atomic mass is 16.6. The van der Waals surface area contributed by atoms with Gasteiger partial charge in [0.05, 0.1) is 25.8 Å². The highest BCUT2D eigenvalue weighted by Gasteiger charge is 2.32. The van der Waals surface area contributed by atoms with E-state index in [1.165, 1.54) is 26.2 Å². The summed E-state index contributed by atoms with van der Waals surface area (Å²) in [6.45, 7) is 6.07. The van der Waals surface area contributed by atoms with Crippen molar-refractivity contribution in [3.63, 3.8) is 0 Å². The molecule has 0 aliphatic heterocycles. The summed E-state index contributed by atoms with van der Waals surface area (Å²) in [7, 11) is 1.18. The number of urea groups is 1. The zero-order valence-electron chi connectivity index (χ0n) is 21.8. The number of hydrogen-bond donors (Lipinski definition) is 3. The Morgan fingerprint density at radius 2 is 1.51 bits per heavy atom. The number of nitrogens with one attached hydrogen (secondary N) is 2. The van der Waals surface area contributed by atoms with Crippen LogP contribution in [0, 0.1) is 0 Å². The molecule has 37 heavy (non-hydrogen) atoms. The summed E-state index contributed by atoms with van der Waals surface area (Å²) in [5.74, 6) is -1.39. The van der Waals surface area contributed by atoms with Gasteiger partial charge in [-0.15, -0.1) is 0 Å². The van der Waals surface area contributed by atoms with Crippen molar-refractivity contribution in [3.05, 3.63) is 71.8 Å². The number of imide groups is 1. The van der Waals surface area contributed by atoms with Crippen LogP contribution in [-0.2, 0) is 20.7 Å². The third-order valence-corrected chi connectivity index (χ3v) is 5.24. The number of benzene rings is 2. The first-order chi connectivity index (χ1) is 17.4. The molecule has 0 fully saturated rings. The van der Waals surface area contributed by atoms with Gasteiger partial charge in [-0.25, -0.2) is 14.4 Å².